The number of hydrogen-bond acceptors (Lipinski definition) is 4. The summed E-state index contributed by atoms with van der Waals surface area (Å²) in [6, 6.07) is 19.2. The monoisotopic (exact) mass is 366 g/mol. The predicted molar refractivity (Wildman–Crippen MR) is 104 cm³/mol. The van der Waals surface area contributed by atoms with Crippen molar-refractivity contribution in [2.24, 2.45) is 0 Å². The summed E-state index contributed by atoms with van der Waals surface area (Å²) in [5.74, 6) is 1.24. The molecule has 0 unspecified atom stereocenters. The van der Waals surface area contributed by atoms with E-state index in [9.17, 15) is 4.39 Å². The first-order valence-corrected chi connectivity index (χ1v) is 9.70. The molecular weight excluding hydrogens is 351 g/mol. The van der Waals surface area contributed by atoms with Crippen molar-refractivity contribution in [3.05, 3.63) is 77.9 Å². The van der Waals surface area contributed by atoms with Crippen molar-refractivity contribution in [1.82, 2.24) is 9.97 Å². The molecule has 0 fully saturated rings. The van der Waals surface area contributed by atoms with Gasteiger partial charge in [0.15, 0.2) is 0 Å². The van der Waals surface area contributed by atoms with E-state index in [2.05, 4.69) is 28.2 Å². The zero-order valence-corrected chi connectivity index (χ0v) is 15.2. The Morgan fingerprint density at radius 3 is 2.64 bits per heavy atom. The van der Waals surface area contributed by atoms with Gasteiger partial charge < -0.3 is 0 Å². The molecule has 4 rings (SSSR count). The SMILES string of the molecule is Cc1nc(SCc2cccc(F)c2)c2cc(-c3ccccc3)sc2n1. The number of aromatic nitrogens is 2. The molecule has 0 bridgehead atoms. The first kappa shape index (κ1) is 16.2. The Labute approximate surface area is 153 Å². The highest BCUT2D eigenvalue weighted by Gasteiger charge is 2.12. The van der Waals surface area contributed by atoms with Crippen LogP contribution in [0, 0.1) is 12.7 Å². The summed E-state index contributed by atoms with van der Waals surface area (Å²) in [7, 11) is 0. The van der Waals surface area contributed by atoms with Crippen LogP contribution in [0.25, 0.3) is 20.7 Å². The lowest BCUT2D eigenvalue weighted by Crippen LogP contribution is -1.91. The standard InChI is InChI=1S/C20H15FN2S2/c1-13-22-19(24-12-14-6-5-9-16(21)10-14)17-11-18(25-20(17)23-13)15-7-3-2-4-8-15/h2-11H,12H2,1H3. The molecule has 5 heteroatoms. The number of halogens is 1. The smallest absolute Gasteiger partial charge is 0.128 e. The Morgan fingerprint density at radius 1 is 1.00 bits per heavy atom. The fraction of sp³-hybridized carbons (Fsp3) is 0.100. The Bertz CT molecular complexity index is 1030. The van der Waals surface area contributed by atoms with Crippen molar-refractivity contribution in [3.8, 4) is 10.4 Å². The molecule has 0 aliphatic rings. The number of thiophene rings is 1. The number of nitrogens with zero attached hydrogens (tertiary/aromatic N) is 2. The maximum atomic E-state index is 13.4. The van der Waals surface area contributed by atoms with E-state index in [-0.39, 0.29) is 5.82 Å². The van der Waals surface area contributed by atoms with Gasteiger partial charge in [-0.1, -0.05) is 42.5 Å². The van der Waals surface area contributed by atoms with Crippen molar-refractivity contribution in [3.63, 3.8) is 0 Å². The highest BCUT2D eigenvalue weighted by atomic mass is 32.2. The second-order valence-corrected chi connectivity index (χ2v) is 7.68. The third-order valence-electron chi connectivity index (χ3n) is 3.79. The van der Waals surface area contributed by atoms with Crippen molar-refractivity contribution in [1.29, 1.82) is 0 Å². The van der Waals surface area contributed by atoms with Crippen LogP contribution in [-0.2, 0) is 5.75 Å². The fourth-order valence-corrected chi connectivity index (χ4v) is 4.77. The highest BCUT2D eigenvalue weighted by Crippen LogP contribution is 2.37. The van der Waals surface area contributed by atoms with Crippen molar-refractivity contribution < 1.29 is 4.39 Å². The largest absolute Gasteiger partial charge is 0.226 e. The molecule has 124 valence electrons. The lowest BCUT2D eigenvalue weighted by molar-refractivity contribution is 0.626. The van der Waals surface area contributed by atoms with Crippen molar-refractivity contribution >= 4 is 33.3 Å². The number of rotatable bonds is 4. The molecule has 2 aromatic carbocycles. The van der Waals surface area contributed by atoms with Gasteiger partial charge in [0.05, 0.1) is 0 Å². The summed E-state index contributed by atoms with van der Waals surface area (Å²) in [5, 5.41) is 2.01. The van der Waals surface area contributed by atoms with Crippen LogP contribution < -0.4 is 0 Å². The van der Waals surface area contributed by atoms with Crippen LogP contribution in [0.4, 0.5) is 4.39 Å². The molecule has 0 N–H and O–H groups in total. The Morgan fingerprint density at radius 2 is 1.84 bits per heavy atom. The van der Waals surface area contributed by atoms with Gasteiger partial charge in [0.25, 0.3) is 0 Å². The van der Waals surface area contributed by atoms with Gasteiger partial charge in [0, 0.05) is 16.0 Å². The van der Waals surface area contributed by atoms with Crippen molar-refractivity contribution in [2.75, 3.05) is 0 Å². The van der Waals surface area contributed by atoms with Crippen LogP contribution in [0.1, 0.15) is 11.4 Å². The normalized spacial score (nSPS) is 11.1. The number of thioether (sulfide) groups is 1. The minimum absolute atomic E-state index is 0.205. The highest BCUT2D eigenvalue weighted by molar-refractivity contribution is 7.98. The number of fused-ring (bicyclic) bond motifs is 1. The van der Waals surface area contributed by atoms with Gasteiger partial charge in [-0.25, -0.2) is 14.4 Å². The first-order valence-electron chi connectivity index (χ1n) is 7.90. The Balaban J connectivity index is 1.69. The van der Waals surface area contributed by atoms with Gasteiger partial charge in [-0.15, -0.1) is 23.1 Å². The zero-order valence-electron chi connectivity index (χ0n) is 13.6. The molecule has 0 atom stereocenters. The van der Waals surface area contributed by atoms with Gasteiger partial charge in [0.2, 0.25) is 0 Å². The molecule has 0 saturated carbocycles. The lowest BCUT2D eigenvalue weighted by Gasteiger charge is -2.04. The molecule has 2 nitrogen and oxygen atoms in total. The third kappa shape index (κ3) is 3.57. The van der Waals surface area contributed by atoms with Gasteiger partial charge in [-0.05, 0) is 36.2 Å². The number of benzene rings is 2. The van der Waals surface area contributed by atoms with Crippen LogP contribution in [0.15, 0.2) is 65.7 Å². The van der Waals surface area contributed by atoms with Gasteiger partial charge in [0.1, 0.15) is 21.5 Å². The molecule has 25 heavy (non-hydrogen) atoms. The zero-order chi connectivity index (χ0) is 17.2. The average molecular weight is 366 g/mol. The summed E-state index contributed by atoms with van der Waals surface area (Å²) in [6.07, 6.45) is 0. The summed E-state index contributed by atoms with van der Waals surface area (Å²) in [5.41, 5.74) is 2.14. The van der Waals surface area contributed by atoms with E-state index in [1.807, 2.05) is 31.2 Å². The molecule has 0 aliphatic carbocycles. The molecule has 2 heterocycles. The fourth-order valence-electron chi connectivity index (χ4n) is 2.63. The average Bonchev–Trinajstić information content (AvgIpc) is 3.04. The summed E-state index contributed by atoms with van der Waals surface area (Å²) in [6.45, 7) is 1.91. The Kier molecular flexibility index (Phi) is 4.51. The summed E-state index contributed by atoms with van der Waals surface area (Å²) < 4.78 is 13.4. The minimum atomic E-state index is -0.205. The maximum Gasteiger partial charge on any atom is 0.128 e. The van der Waals surface area contributed by atoms with E-state index in [0.717, 1.165) is 26.6 Å². The third-order valence-corrected chi connectivity index (χ3v) is 5.93. The Hall–Kier alpha value is -2.24. The van der Waals surface area contributed by atoms with Crippen molar-refractivity contribution in [2.45, 2.75) is 17.7 Å². The van der Waals surface area contributed by atoms with Gasteiger partial charge in [-0.2, -0.15) is 0 Å². The second-order valence-electron chi connectivity index (χ2n) is 5.69. The summed E-state index contributed by atoms with van der Waals surface area (Å²) >= 11 is 3.30. The molecule has 2 aromatic heterocycles. The predicted octanol–water partition coefficient (Wildman–Crippen LogP) is 6.10. The van der Waals surface area contributed by atoms with Crippen LogP contribution in [0.2, 0.25) is 0 Å². The topological polar surface area (TPSA) is 25.8 Å². The van der Waals surface area contributed by atoms with E-state index in [0.29, 0.717) is 5.75 Å². The second kappa shape index (κ2) is 6.94. The van der Waals surface area contributed by atoms with Crippen LogP contribution in [0.5, 0.6) is 0 Å². The van der Waals surface area contributed by atoms with E-state index in [4.69, 9.17) is 0 Å². The van der Waals surface area contributed by atoms with Crippen LogP contribution >= 0.6 is 23.1 Å². The molecule has 0 aliphatic heterocycles. The van der Waals surface area contributed by atoms with Crippen LogP contribution in [-0.4, -0.2) is 9.97 Å². The summed E-state index contributed by atoms with van der Waals surface area (Å²) in [4.78, 5) is 11.4. The van der Waals surface area contributed by atoms with E-state index < -0.39 is 0 Å². The van der Waals surface area contributed by atoms with Gasteiger partial charge in [-0.3, -0.25) is 0 Å². The molecular formula is C20H15FN2S2. The van der Waals surface area contributed by atoms with E-state index >= 15 is 0 Å². The molecule has 4 aromatic rings. The quantitative estimate of drug-likeness (QED) is 0.322. The number of hydrogen-bond donors (Lipinski definition) is 0. The molecule has 0 radical (unpaired) electrons. The van der Waals surface area contributed by atoms with Crippen LogP contribution in [0.3, 0.4) is 0 Å². The molecule has 0 saturated heterocycles. The number of aryl methyl sites for hydroxylation is 1. The van der Waals surface area contributed by atoms with Gasteiger partial charge >= 0.3 is 0 Å². The minimum Gasteiger partial charge on any atom is -0.226 e. The lowest BCUT2D eigenvalue weighted by atomic mass is 10.2. The molecule has 0 spiro atoms. The van der Waals surface area contributed by atoms with E-state index in [1.165, 1.54) is 16.5 Å². The maximum absolute atomic E-state index is 13.4. The first-order chi connectivity index (χ1) is 12.2. The molecule has 0 amide bonds. The van der Waals surface area contributed by atoms with E-state index in [1.54, 1.807) is 35.2 Å².